The topological polar surface area (TPSA) is 79.5 Å². The minimum Gasteiger partial charge on any atom is -0.416 e. The van der Waals surface area contributed by atoms with Gasteiger partial charge in [0.15, 0.2) is 0 Å². The van der Waals surface area contributed by atoms with Crippen LogP contribution in [0.15, 0.2) is 52.9 Å². The molecule has 0 aliphatic carbocycles. The number of amides is 2. The average molecular weight is 473 g/mol. The molecule has 2 fully saturated rings. The van der Waals surface area contributed by atoms with Gasteiger partial charge in [0.1, 0.15) is 0 Å². The van der Waals surface area contributed by atoms with Crippen molar-refractivity contribution in [1.82, 2.24) is 20.0 Å². The summed E-state index contributed by atoms with van der Waals surface area (Å²) in [5.74, 6) is 1.24. The SMILES string of the molecule is Cc1ccccc1-c1nnc(-c2ccc(C(=O)N3CCC(C(=O)N4CCCCCC4)CC3)cc2)o1. The van der Waals surface area contributed by atoms with Gasteiger partial charge in [-0.15, -0.1) is 10.2 Å². The molecule has 2 saturated heterocycles. The lowest BCUT2D eigenvalue weighted by Gasteiger charge is -2.34. The Labute approximate surface area is 206 Å². The normalized spacial score (nSPS) is 17.3. The highest BCUT2D eigenvalue weighted by Crippen LogP contribution is 2.27. The molecule has 182 valence electrons. The van der Waals surface area contributed by atoms with Crippen molar-refractivity contribution < 1.29 is 14.0 Å². The van der Waals surface area contributed by atoms with Gasteiger partial charge in [-0.3, -0.25) is 9.59 Å². The lowest BCUT2D eigenvalue weighted by Crippen LogP contribution is -2.44. The van der Waals surface area contributed by atoms with Crippen LogP contribution in [0.3, 0.4) is 0 Å². The van der Waals surface area contributed by atoms with E-state index in [1.54, 1.807) is 0 Å². The van der Waals surface area contributed by atoms with Gasteiger partial charge >= 0.3 is 0 Å². The Morgan fingerprint density at radius 1 is 0.800 bits per heavy atom. The first-order chi connectivity index (χ1) is 17.1. The van der Waals surface area contributed by atoms with E-state index in [0.717, 1.165) is 55.5 Å². The van der Waals surface area contributed by atoms with Crippen LogP contribution in [0.5, 0.6) is 0 Å². The zero-order valence-electron chi connectivity index (χ0n) is 20.3. The van der Waals surface area contributed by atoms with Crippen LogP contribution in [0.2, 0.25) is 0 Å². The highest BCUT2D eigenvalue weighted by molar-refractivity contribution is 5.94. The number of aryl methyl sites for hydroxylation is 1. The van der Waals surface area contributed by atoms with E-state index < -0.39 is 0 Å². The Hall–Kier alpha value is -3.48. The van der Waals surface area contributed by atoms with E-state index in [-0.39, 0.29) is 17.7 Å². The number of rotatable bonds is 4. The van der Waals surface area contributed by atoms with Crippen LogP contribution >= 0.6 is 0 Å². The predicted octanol–water partition coefficient (Wildman–Crippen LogP) is 4.97. The first-order valence-electron chi connectivity index (χ1n) is 12.7. The second-order valence-electron chi connectivity index (χ2n) is 9.61. The summed E-state index contributed by atoms with van der Waals surface area (Å²) in [5.41, 5.74) is 3.39. The molecule has 3 aromatic rings. The number of aromatic nitrogens is 2. The van der Waals surface area contributed by atoms with Crippen LogP contribution in [0.25, 0.3) is 22.9 Å². The molecular formula is C28H32N4O3. The summed E-state index contributed by atoms with van der Waals surface area (Å²) >= 11 is 0. The van der Waals surface area contributed by atoms with Gasteiger partial charge in [0.05, 0.1) is 0 Å². The van der Waals surface area contributed by atoms with Crippen molar-refractivity contribution in [3.63, 3.8) is 0 Å². The molecule has 2 aliphatic heterocycles. The first-order valence-corrected chi connectivity index (χ1v) is 12.7. The number of hydrogen-bond acceptors (Lipinski definition) is 5. The molecule has 7 heteroatoms. The van der Waals surface area contributed by atoms with Gasteiger partial charge in [-0.25, -0.2) is 0 Å². The third kappa shape index (κ3) is 5.14. The Balaban J connectivity index is 1.19. The fourth-order valence-corrected chi connectivity index (χ4v) is 5.08. The van der Waals surface area contributed by atoms with Gasteiger partial charge in [-0.1, -0.05) is 31.0 Å². The molecule has 0 radical (unpaired) electrons. The number of hydrogen-bond donors (Lipinski definition) is 0. The molecule has 5 rings (SSSR count). The minimum absolute atomic E-state index is 0.00310. The number of carbonyl (C=O) groups is 2. The Morgan fingerprint density at radius 3 is 2.14 bits per heavy atom. The summed E-state index contributed by atoms with van der Waals surface area (Å²) in [6, 6.07) is 15.2. The lowest BCUT2D eigenvalue weighted by atomic mass is 9.94. The zero-order chi connectivity index (χ0) is 24.2. The molecule has 35 heavy (non-hydrogen) atoms. The average Bonchev–Trinajstić information content (AvgIpc) is 3.23. The van der Waals surface area contributed by atoms with E-state index in [2.05, 4.69) is 15.1 Å². The van der Waals surface area contributed by atoms with Gasteiger partial charge in [0, 0.05) is 48.8 Å². The molecule has 0 bridgehead atoms. The van der Waals surface area contributed by atoms with Crippen LogP contribution in [0.1, 0.15) is 54.4 Å². The van der Waals surface area contributed by atoms with Crippen LogP contribution < -0.4 is 0 Å². The van der Waals surface area contributed by atoms with Crippen molar-refractivity contribution in [2.24, 2.45) is 5.92 Å². The summed E-state index contributed by atoms with van der Waals surface area (Å²) in [4.78, 5) is 29.9. The Morgan fingerprint density at radius 2 is 1.46 bits per heavy atom. The van der Waals surface area contributed by atoms with Crippen LogP contribution in [0, 0.1) is 12.8 Å². The zero-order valence-corrected chi connectivity index (χ0v) is 20.3. The van der Waals surface area contributed by atoms with E-state index >= 15 is 0 Å². The van der Waals surface area contributed by atoms with Crippen molar-refractivity contribution in [3.05, 3.63) is 59.7 Å². The molecule has 0 atom stereocenters. The summed E-state index contributed by atoms with van der Waals surface area (Å²) < 4.78 is 5.89. The number of piperidine rings is 1. The van der Waals surface area contributed by atoms with E-state index in [1.165, 1.54) is 12.8 Å². The second-order valence-corrected chi connectivity index (χ2v) is 9.61. The third-order valence-electron chi connectivity index (χ3n) is 7.23. The van der Waals surface area contributed by atoms with Crippen molar-refractivity contribution >= 4 is 11.8 Å². The molecule has 2 aliphatic rings. The summed E-state index contributed by atoms with van der Waals surface area (Å²) in [5, 5.41) is 8.38. The monoisotopic (exact) mass is 472 g/mol. The van der Waals surface area contributed by atoms with Gasteiger partial charge in [-0.2, -0.15) is 0 Å². The Kier molecular flexibility index (Phi) is 6.93. The van der Waals surface area contributed by atoms with E-state index in [9.17, 15) is 9.59 Å². The molecule has 0 saturated carbocycles. The highest BCUT2D eigenvalue weighted by Gasteiger charge is 2.30. The molecule has 1 aromatic heterocycles. The van der Waals surface area contributed by atoms with Crippen molar-refractivity contribution in [3.8, 4) is 22.9 Å². The number of nitrogens with zero attached hydrogens (tertiary/aromatic N) is 4. The number of carbonyl (C=O) groups excluding carboxylic acids is 2. The molecule has 0 N–H and O–H groups in total. The summed E-state index contributed by atoms with van der Waals surface area (Å²) in [6.07, 6.45) is 6.13. The van der Waals surface area contributed by atoms with Gasteiger partial charge < -0.3 is 14.2 Å². The van der Waals surface area contributed by atoms with Crippen molar-refractivity contribution in [1.29, 1.82) is 0 Å². The van der Waals surface area contributed by atoms with Gasteiger partial charge in [-0.05, 0) is 68.5 Å². The fraction of sp³-hybridized carbons (Fsp3) is 0.429. The number of likely N-dealkylation sites (tertiary alicyclic amines) is 2. The molecule has 7 nitrogen and oxygen atoms in total. The Bertz CT molecular complexity index is 1170. The molecule has 3 heterocycles. The second kappa shape index (κ2) is 10.4. The van der Waals surface area contributed by atoms with Gasteiger partial charge in [0.2, 0.25) is 17.7 Å². The molecule has 0 unspecified atom stereocenters. The first kappa shape index (κ1) is 23.3. The lowest BCUT2D eigenvalue weighted by molar-refractivity contribution is -0.136. The minimum atomic E-state index is 0.00310. The van der Waals surface area contributed by atoms with Gasteiger partial charge in [0.25, 0.3) is 5.91 Å². The molecule has 2 amide bonds. The molecular weight excluding hydrogens is 440 g/mol. The summed E-state index contributed by atoms with van der Waals surface area (Å²) in [7, 11) is 0. The maximum absolute atomic E-state index is 13.1. The van der Waals surface area contributed by atoms with Crippen LogP contribution in [0.4, 0.5) is 0 Å². The predicted molar refractivity (Wildman–Crippen MR) is 134 cm³/mol. The third-order valence-corrected chi connectivity index (χ3v) is 7.23. The van der Waals surface area contributed by atoms with E-state index in [0.29, 0.717) is 30.4 Å². The van der Waals surface area contributed by atoms with Crippen LogP contribution in [-0.4, -0.2) is 58.0 Å². The van der Waals surface area contributed by atoms with E-state index in [1.807, 2.05) is 60.4 Å². The molecule has 2 aromatic carbocycles. The van der Waals surface area contributed by atoms with Crippen molar-refractivity contribution in [2.75, 3.05) is 26.2 Å². The largest absolute Gasteiger partial charge is 0.416 e. The maximum Gasteiger partial charge on any atom is 0.253 e. The highest BCUT2D eigenvalue weighted by atomic mass is 16.4. The fourth-order valence-electron chi connectivity index (χ4n) is 5.08. The number of benzene rings is 2. The molecule has 0 spiro atoms. The van der Waals surface area contributed by atoms with Crippen LogP contribution in [-0.2, 0) is 4.79 Å². The van der Waals surface area contributed by atoms with Crippen molar-refractivity contribution in [2.45, 2.75) is 45.4 Å². The smallest absolute Gasteiger partial charge is 0.253 e. The van der Waals surface area contributed by atoms with E-state index in [4.69, 9.17) is 4.42 Å². The quantitative estimate of drug-likeness (QED) is 0.536. The summed E-state index contributed by atoms with van der Waals surface area (Å²) in [6.45, 7) is 5.02. The maximum atomic E-state index is 13.1. The standard InChI is InChI=1S/C28H32N4O3/c1-20-8-4-5-9-24(20)26-30-29-25(35-26)21-10-12-22(13-11-21)27(33)32-18-14-23(15-19-32)28(34)31-16-6-2-3-7-17-31/h4-5,8-13,23H,2-3,6-7,14-19H2,1H3.